The summed E-state index contributed by atoms with van der Waals surface area (Å²) in [6.07, 6.45) is -0.390. The van der Waals surface area contributed by atoms with Gasteiger partial charge >= 0.3 is 5.97 Å². The fraction of sp³-hybridized carbons (Fsp3) is 0.286. The van der Waals surface area contributed by atoms with Crippen molar-refractivity contribution >= 4 is 29.4 Å². The molecule has 0 saturated heterocycles. The number of hydrogen-bond donors (Lipinski definition) is 3. The Kier molecular flexibility index (Phi) is 8.05. The summed E-state index contributed by atoms with van der Waals surface area (Å²) in [5.41, 5.74) is 2.66. The lowest BCUT2D eigenvalue weighted by atomic mass is 9.96. The van der Waals surface area contributed by atoms with Crippen LogP contribution < -0.4 is 9.47 Å². The van der Waals surface area contributed by atoms with Gasteiger partial charge in [0, 0.05) is 6.07 Å². The number of phenolic OH excluding ortho intramolecular Hbond substituents is 1. The number of carbonyl (C=O) groups excluding carboxylic acids is 1. The van der Waals surface area contributed by atoms with Gasteiger partial charge < -0.3 is 29.4 Å². The average molecular weight is 527 g/mol. The number of aliphatic hydroxyl groups is 1. The number of rotatable bonds is 7. The van der Waals surface area contributed by atoms with Gasteiger partial charge in [0.1, 0.15) is 28.8 Å². The Hall–Kier alpha value is -3.75. The molecular weight excluding hydrogens is 496 g/mol. The number of aromatic hydroxyl groups is 1. The standard InChI is InChI=1S/C28H30N2O6.ClH/c1-15-13-24(16(2)17(3)25(15)31)36-21-11-12-22-23(14-21)30-26(29-22)18(4)35-20-9-7-19(8-10-20)28(5,33)27(32)34-6;/h7-14,18,31,33H,1-6H3,(H,29,30);1H. The number of methoxy groups -OCH3 is 1. The van der Waals surface area contributed by atoms with Crippen molar-refractivity contribution in [1.29, 1.82) is 0 Å². The summed E-state index contributed by atoms with van der Waals surface area (Å²) in [5.74, 6) is 2.08. The Morgan fingerprint density at radius 3 is 2.32 bits per heavy atom. The molecule has 3 N–H and O–H groups in total. The number of aryl methyl sites for hydroxylation is 1. The van der Waals surface area contributed by atoms with E-state index in [-0.39, 0.29) is 18.2 Å². The molecule has 0 spiro atoms. The van der Waals surface area contributed by atoms with Gasteiger partial charge in [0.05, 0.1) is 18.1 Å². The molecule has 0 aliphatic carbocycles. The lowest BCUT2D eigenvalue weighted by Crippen LogP contribution is -2.33. The van der Waals surface area contributed by atoms with Crippen LogP contribution in [0, 0.1) is 20.8 Å². The summed E-state index contributed by atoms with van der Waals surface area (Å²) in [6, 6.07) is 14.0. The minimum atomic E-state index is -1.74. The van der Waals surface area contributed by atoms with E-state index in [4.69, 9.17) is 9.47 Å². The number of phenols is 1. The van der Waals surface area contributed by atoms with E-state index in [0.717, 1.165) is 27.7 Å². The topological polar surface area (TPSA) is 114 Å². The number of esters is 1. The molecule has 4 aromatic rings. The largest absolute Gasteiger partial charge is 0.507 e. The molecule has 0 radical (unpaired) electrons. The van der Waals surface area contributed by atoms with Crippen LogP contribution in [0.3, 0.4) is 0 Å². The molecule has 0 fully saturated rings. The second-order valence-electron chi connectivity index (χ2n) is 9.04. The highest BCUT2D eigenvalue weighted by Crippen LogP contribution is 2.35. The number of fused-ring (bicyclic) bond motifs is 1. The van der Waals surface area contributed by atoms with Crippen LogP contribution in [0.25, 0.3) is 11.0 Å². The first-order valence-corrected chi connectivity index (χ1v) is 11.6. The fourth-order valence-electron chi connectivity index (χ4n) is 3.96. The number of hydrogen-bond acceptors (Lipinski definition) is 7. The van der Waals surface area contributed by atoms with Gasteiger partial charge in [-0.1, -0.05) is 12.1 Å². The molecular formula is C28H31ClN2O6. The third-order valence-corrected chi connectivity index (χ3v) is 6.41. The van der Waals surface area contributed by atoms with Crippen molar-refractivity contribution in [2.75, 3.05) is 7.11 Å². The maximum absolute atomic E-state index is 11.8. The Morgan fingerprint density at radius 1 is 1.03 bits per heavy atom. The van der Waals surface area contributed by atoms with Crippen molar-refractivity contribution in [1.82, 2.24) is 9.97 Å². The van der Waals surface area contributed by atoms with E-state index in [1.807, 2.05) is 52.0 Å². The molecule has 0 bridgehead atoms. The molecule has 1 aromatic heterocycles. The van der Waals surface area contributed by atoms with Crippen LogP contribution in [0.4, 0.5) is 0 Å². The van der Waals surface area contributed by atoms with Gasteiger partial charge in [-0.05, 0) is 87.2 Å². The molecule has 0 amide bonds. The first-order chi connectivity index (χ1) is 17.0. The van der Waals surface area contributed by atoms with Crippen molar-refractivity contribution in [3.05, 3.63) is 76.6 Å². The second-order valence-corrected chi connectivity index (χ2v) is 9.04. The molecule has 4 rings (SSSR count). The molecule has 2 unspecified atom stereocenters. The summed E-state index contributed by atoms with van der Waals surface area (Å²) in [5, 5.41) is 20.6. The lowest BCUT2D eigenvalue weighted by Gasteiger charge is -2.21. The van der Waals surface area contributed by atoms with Crippen LogP contribution in [0.5, 0.6) is 23.0 Å². The maximum Gasteiger partial charge on any atom is 0.342 e. The molecule has 1 heterocycles. The number of aromatic amines is 1. The summed E-state index contributed by atoms with van der Waals surface area (Å²) < 4.78 is 16.8. The number of aromatic nitrogens is 2. The first-order valence-electron chi connectivity index (χ1n) is 11.6. The SMILES string of the molecule is COC(=O)C(C)(O)c1ccc(OC(C)c2nc3ccc(Oc4cc(C)c(O)c(C)c4C)cc3[nH]2)cc1.Cl. The number of carbonyl (C=O) groups is 1. The normalized spacial score (nSPS) is 13.4. The fourth-order valence-corrected chi connectivity index (χ4v) is 3.96. The third kappa shape index (κ3) is 5.50. The van der Waals surface area contributed by atoms with E-state index in [1.165, 1.54) is 14.0 Å². The number of nitrogens with one attached hydrogen (secondary N) is 1. The molecule has 3 aromatic carbocycles. The molecule has 0 aliphatic heterocycles. The average Bonchev–Trinajstić information content (AvgIpc) is 3.29. The Labute approximate surface area is 221 Å². The van der Waals surface area contributed by atoms with Crippen LogP contribution >= 0.6 is 12.4 Å². The van der Waals surface area contributed by atoms with Gasteiger partial charge in [0.2, 0.25) is 0 Å². The minimum absolute atomic E-state index is 0. The van der Waals surface area contributed by atoms with E-state index in [2.05, 4.69) is 14.7 Å². The van der Waals surface area contributed by atoms with Gasteiger partial charge in [0.15, 0.2) is 11.7 Å². The first kappa shape index (κ1) is 27.8. The van der Waals surface area contributed by atoms with Crippen LogP contribution in [0.15, 0.2) is 48.5 Å². The summed E-state index contributed by atoms with van der Waals surface area (Å²) in [7, 11) is 1.23. The van der Waals surface area contributed by atoms with Crippen molar-refractivity contribution in [2.24, 2.45) is 0 Å². The maximum atomic E-state index is 11.8. The Bertz CT molecular complexity index is 1430. The number of benzene rings is 3. The number of imidazole rings is 1. The van der Waals surface area contributed by atoms with E-state index in [9.17, 15) is 15.0 Å². The van der Waals surface area contributed by atoms with Gasteiger partial charge in [-0.2, -0.15) is 0 Å². The van der Waals surface area contributed by atoms with Gasteiger partial charge in [-0.25, -0.2) is 9.78 Å². The highest BCUT2D eigenvalue weighted by atomic mass is 35.5. The number of nitrogens with zero attached hydrogens (tertiary/aromatic N) is 1. The zero-order valence-corrected chi connectivity index (χ0v) is 22.4. The molecule has 2 atom stereocenters. The molecule has 196 valence electrons. The number of ether oxygens (including phenoxy) is 3. The van der Waals surface area contributed by atoms with Crippen LogP contribution in [0.2, 0.25) is 0 Å². The molecule has 9 heteroatoms. The predicted molar refractivity (Wildman–Crippen MR) is 143 cm³/mol. The molecule has 0 aliphatic rings. The van der Waals surface area contributed by atoms with Crippen molar-refractivity contribution in [3.8, 4) is 23.0 Å². The van der Waals surface area contributed by atoms with Crippen LogP contribution in [-0.4, -0.2) is 33.3 Å². The van der Waals surface area contributed by atoms with E-state index >= 15 is 0 Å². The van der Waals surface area contributed by atoms with E-state index in [1.54, 1.807) is 24.3 Å². The monoisotopic (exact) mass is 526 g/mol. The van der Waals surface area contributed by atoms with Crippen LogP contribution in [-0.2, 0) is 15.1 Å². The summed E-state index contributed by atoms with van der Waals surface area (Å²) >= 11 is 0. The van der Waals surface area contributed by atoms with Gasteiger partial charge in [0.25, 0.3) is 0 Å². The van der Waals surface area contributed by atoms with Gasteiger partial charge in [-0.15, -0.1) is 12.4 Å². The lowest BCUT2D eigenvalue weighted by molar-refractivity contribution is -0.161. The summed E-state index contributed by atoms with van der Waals surface area (Å²) in [4.78, 5) is 19.7. The minimum Gasteiger partial charge on any atom is -0.507 e. The molecule has 37 heavy (non-hydrogen) atoms. The highest BCUT2D eigenvalue weighted by Gasteiger charge is 2.33. The number of halogens is 1. The second kappa shape index (κ2) is 10.7. The van der Waals surface area contributed by atoms with Crippen molar-refractivity contribution in [2.45, 2.75) is 46.3 Å². The quantitative estimate of drug-likeness (QED) is 0.256. The van der Waals surface area contributed by atoms with Crippen molar-refractivity contribution in [3.63, 3.8) is 0 Å². The smallest absolute Gasteiger partial charge is 0.342 e. The Morgan fingerprint density at radius 2 is 1.68 bits per heavy atom. The van der Waals surface area contributed by atoms with E-state index < -0.39 is 17.7 Å². The third-order valence-electron chi connectivity index (χ3n) is 6.41. The van der Waals surface area contributed by atoms with Crippen molar-refractivity contribution < 1.29 is 29.2 Å². The number of H-pyrrole nitrogens is 1. The predicted octanol–water partition coefficient (Wildman–Crippen LogP) is 5.93. The summed E-state index contributed by atoms with van der Waals surface area (Å²) in [6.45, 7) is 8.88. The molecule has 0 saturated carbocycles. The van der Waals surface area contributed by atoms with Gasteiger partial charge in [-0.3, -0.25) is 0 Å². The van der Waals surface area contributed by atoms with E-state index in [0.29, 0.717) is 28.6 Å². The van der Waals surface area contributed by atoms with Crippen LogP contribution in [0.1, 0.15) is 48.0 Å². The zero-order valence-electron chi connectivity index (χ0n) is 21.6. The molecule has 8 nitrogen and oxygen atoms in total. The highest BCUT2D eigenvalue weighted by molar-refractivity contribution is 5.85. The Balaban J connectivity index is 0.00000380. The zero-order chi connectivity index (χ0) is 26.2.